The summed E-state index contributed by atoms with van der Waals surface area (Å²) in [5.41, 5.74) is 4.93. The SMILES string of the molecule is O=C(CNc1ccc(F)cc1)N/N=C\c1cc(Br)c(OCc2ccccc2)c(Br)c1. The molecule has 0 unspecified atom stereocenters. The van der Waals surface area contributed by atoms with E-state index in [2.05, 4.69) is 47.7 Å². The quantitative estimate of drug-likeness (QED) is 0.296. The van der Waals surface area contributed by atoms with Crippen molar-refractivity contribution in [2.45, 2.75) is 6.61 Å². The molecule has 0 aliphatic carbocycles. The van der Waals surface area contributed by atoms with Gasteiger partial charge in [-0.15, -0.1) is 0 Å². The average molecular weight is 535 g/mol. The summed E-state index contributed by atoms with van der Waals surface area (Å²) in [4.78, 5) is 11.9. The molecule has 0 fully saturated rings. The van der Waals surface area contributed by atoms with Gasteiger partial charge in [-0.1, -0.05) is 30.3 Å². The molecule has 1 amide bonds. The third kappa shape index (κ3) is 6.67. The highest BCUT2D eigenvalue weighted by Crippen LogP contribution is 2.35. The first-order valence-electron chi connectivity index (χ1n) is 8.98. The van der Waals surface area contributed by atoms with Gasteiger partial charge in [0.05, 0.1) is 21.7 Å². The van der Waals surface area contributed by atoms with Crippen molar-refractivity contribution in [1.29, 1.82) is 0 Å². The molecule has 0 aromatic heterocycles. The number of hydrogen-bond acceptors (Lipinski definition) is 4. The van der Waals surface area contributed by atoms with Crippen LogP contribution in [-0.2, 0) is 11.4 Å². The molecular formula is C22H18Br2FN3O2. The number of rotatable bonds is 8. The Balaban J connectivity index is 1.52. The minimum Gasteiger partial charge on any atom is -0.487 e. The van der Waals surface area contributed by atoms with Crippen LogP contribution in [0.1, 0.15) is 11.1 Å². The van der Waals surface area contributed by atoms with E-state index in [1.54, 1.807) is 12.1 Å². The van der Waals surface area contributed by atoms with Gasteiger partial charge in [0, 0.05) is 5.69 Å². The summed E-state index contributed by atoms with van der Waals surface area (Å²) in [6, 6.07) is 19.3. The molecule has 0 aliphatic rings. The van der Waals surface area contributed by atoms with Crippen LogP contribution >= 0.6 is 31.9 Å². The van der Waals surface area contributed by atoms with E-state index in [-0.39, 0.29) is 18.3 Å². The lowest BCUT2D eigenvalue weighted by Crippen LogP contribution is -2.25. The fraction of sp³-hybridized carbons (Fsp3) is 0.0909. The Morgan fingerprint density at radius 1 is 1.03 bits per heavy atom. The molecule has 154 valence electrons. The smallest absolute Gasteiger partial charge is 0.259 e. The second kappa shape index (κ2) is 10.9. The Morgan fingerprint density at radius 2 is 1.70 bits per heavy atom. The molecule has 0 saturated carbocycles. The van der Waals surface area contributed by atoms with Crippen molar-refractivity contribution < 1.29 is 13.9 Å². The van der Waals surface area contributed by atoms with Crippen molar-refractivity contribution in [3.8, 4) is 5.75 Å². The van der Waals surface area contributed by atoms with Gasteiger partial charge in [-0.25, -0.2) is 9.82 Å². The van der Waals surface area contributed by atoms with Crippen LogP contribution in [0.15, 0.2) is 80.8 Å². The normalized spacial score (nSPS) is 10.8. The molecule has 0 atom stereocenters. The van der Waals surface area contributed by atoms with E-state index in [0.717, 1.165) is 20.1 Å². The summed E-state index contributed by atoms with van der Waals surface area (Å²) in [5, 5.41) is 6.86. The van der Waals surface area contributed by atoms with Crippen molar-refractivity contribution in [2.24, 2.45) is 5.10 Å². The molecule has 8 heteroatoms. The van der Waals surface area contributed by atoms with Crippen molar-refractivity contribution >= 4 is 49.7 Å². The average Bonchev–Trinajstić information content (AvgIpc) is 2.73. The first kappa shape index (κ1) is 22.0. The monoisotopic (exact) mass is 533 g/mol. The highest BCUT2D eigenvalue weighted by atomic mass is 79.9. The molecule has 3 aromatic carbocycles. The zero-order valence-electron chi connectivity index (χ0n) is 15.7. The summed E-state index contributed by atoms with van der Waals surface area (Å²) >= 11 is 7.01. The number of amides is 1. The maximum absolute atomic E-state index is 12.9. The maximum atomic E-state index is 12.9. The predicted octanol–water partition coefficient (Wildman–Crippen LogP) is 5.49. The molecule has 0 spiro atoms. The Kier molecular flexibility index (Phi) is 7.98. The third-order valence-corrected chi connectivity index (χ3v) is 5.12. The lowest BCUT2D eigenvalue weighted by Gasteiger charge is -2.11. The lowest BCUT2D eigenvalue weighted by atomic mass is 10.2. The first-order chi connectivity index (χ1) is 14.5. The van der Waals surface area contributed by atoms with E-state index < -0.39 is 0 Å². The Labute approximate surface area is 190 Å². The van der Waals surface area contributed by atoms with E-state index in [1.807, 2.05) is 42.5 Å². The Hall–Kier alpha value is -2.71. The highest BCUT2D eigenvalue weighted by molar-refractivity contribution is 9.11. The van der Waals surface area contributed by atoms with E-state index in [1.165, 1.54) is 18.3 Å². The molecular weight excluding hydrogens is 517 g/mol. The van der Waals surface area contributed by atoms with Crippen LogP contribution in [0.5, 0.6) is 5.75 Å². The van der Waals surface area contributed by atoms with Gasteiger partial charge in [0.25, 0.3) is 5.91 Å². The summed E-state index contributed by atoms with van der Waals surface area (Å²) in [6.45, 7) is 0.464. The topological polar surface area (TPSA) is 62.7 Å². The minimum atomic E-state index is -0.330. The first-order valence-corrected chi connectivity index (χ1v) is 10.6. The number of hydrazone groups is 1. The van der Waals surface area contributed by atoms with Gasteiger partial charge in [-0.3, -0.25) is 4.79 Å². The molecule has 0 heterocycles. The number of halogens is 3. The number of ether oxygens (including phenoxy) is 1. The summed E-state index contributed by atoms with van der Waals surface area (Å²) in [6.07, 6.45) is 1.53. The second-order valence-corrected chi connectivity index (χ2v) is 7.95. The number of hydrogen-bond donors (Lipinski definition) is 2. The van der Waals surface area contributed by atoms with Gasteiger partial charge in [0.2, 0.25) is 0 Å². The van der Waals surface area contributed by atoms with E-state index >= 15 is 0 Å². The molecule has 30 heavy (non-hydrogen) atoms. The molecule has 0 saturated heterocycles. The van der Waals surface area contributed by atoms with Crippen LogP contribution in [0.3, 0.4) is 0 Å². The van der Waals surface area contributed by atoms with Gasteiger partial charge in [0.15, 0.2) is 0 Å². The summed E-state index contributed by atoms with van der Waals surface area (Å²) in [5.74, 6) is 0.0310. The van der Waals surface area contributed by atoms with Crippen molar-refractivity contribution in [3.05, 3.63) is 92.6 Å². The Morgan fingerprint density at radius 3 is 2.37 bits per heavy atom. The van der Waals surface area contributed by atoms with Crippen LogP contribution in [0.4, 0.5) is 10.1 Å². The van der Waals surface area contributed by atoms with Crippen LogP contribution in [-0.4, -0.2) is 18.7 Å². The third-order valence-electron chi connectivity index (χ3n) is 3.95. The predicted molar refractivity (Wildman–Crippen MR) is 123 cm³/mol. The molecule has 5 nitrogen and oxygen atoms in total. The van der Waals surface area contributed by atoms with Crippen LogP contribution in [0.25, 0.3) is 0 Å². The van der Waals surface area contributed by atoms with E-state index in [4.69, 9.17) is 4.74 Å². The number of carbonyl (C=O) groups excluding carboxylic acids is 1. The highest BCUT2D eigenvalue weighted by Gasteiger charge is 2.09. The zero-order valence-corrected chi connectivity index (χ0v) is 18.9. The van der Waals surface area contributed by atoms with Crippen LogP contribution in [0.2, 0.25) is 0 Å². The standard InChI is InChI=1S/C22H18Br2FN3O2/c23-19-10-16(11-20(24)22(19)30-14-15-4-2-1-3-5-15)12-27-28-21(29)13-26-18-8-6-17(25)7-9-18/h1-12,26H,13-14H2,(H,28,29)/b27-12-. The molecule has 2 N–H and O–H groups in total. The van der Waals surface area contributed by atoms with Crippen molar-refractivity contribution in [2.75, 3.05) is 11.9 Å². The molecule has 3 rings (SSSR count). The van der Waals surface area contributed by atoms with Crippen LogP contribution in [0, 0.1) is 5.82 Å². The van der Waals surface area contributed by atoms with Gasteiger partial charge in [-0.05, 0) is 79.4 Å². The maximum Gasteiger partial charge on any atom is 0.259 e. The van der Waals surface area contributed by atoms with E-state index in [9.17, 15) is 9.18 Å². The zero-order chi connectivity index (χ0) is 21.3. The number of anilines is 1. The number of benzene rings is 3. The molecule has 0 aliphatic heterocycles. The van der Waals surface area contributed by atoms with Crippen molar-refractivity contribution in [3.63, 3.8) is 0 Å². The van der Waals surface area contributed by atoms with Gasteiger partial charge >= 0.3 is 0 Å². The van der Waals surface area contributed by atoms with Crippen LogP contribution < -0.4 is 15.5 Å². The largest absolute Gasteiger partial charge is 0.487 e. The summed E-state index contributed by atoms with van der Waals surface area (Å²) < 4.78 is 20.3. The number of carbonyl (C=O) groups is 1. The van der Waals surface area contributed by atoms with E-state index in [0.29, 0.717) is 18.0 Å². The Bertz CT molecular complexity index is 1010. The molecule has 3 aromatic rings. The molecule has 0 bridgehead atoms. The number of nitrogens with zero attached hydrogens (tertiary/aromatic N) is 1. The lowest BCUT2D eigenvalue weighted by molar-refractivity contribution is -0.119. The van der Waals surface area contributed by atoms with Crippen molar-refractivity contribution in [1.82, 2.24) is 5.43 Å². The van der Waals surface area contributed by atoms with Gasteiger partial charge < -0.3 is 10.1 Å². The fourth-order valence-corrected chi connectivity index (χ4v) is 3.94. The van der Waals surface area contributed by atoms with Gasteiger partial charge in [0.1, 0.15) is 18.2 Å². The minimum absolute atomic E-state index is 0.0165. The molecule has 0 radical (unpaired) electrons. The van der Waals surface area contributed by atoms with Gasteiger partial charge in [-0.2, -0.15) is 5.10 Å². The fourth-order valence-electron chi connectivity index (χ4n) is 2.49. The number of nitrogens with one attached hydrogen (secondary N) is 2. The second-order valence-electron chi connectivity index (χ2n) is 6.24. The summed E-state index contributed by atoms with van der Waals surface area (Å²) in [7, 11) is 0.